The molecule has 1 fully saturated rings. The predicted octanol–water partition coefficient (Wildman–Crippen LogP) is 3.79. The van der Waals surface area contributed by atoms with Crippen molar-refractivity contribution >= 4 is 0 Å². The molecule has 0 radical (unpaired) electrons. The van der Waals surface area contributed by atoms with Gasteiger partial charge in [0, 0.05) is 6.61 Å². The Morgan fingerprint density at radius 3 is 2.65 bits per heavy atom. The molecule has 1 saturated carbocycles. The molecule has 0 aromatic carbocycles. The van der Waals surface area contributed by atoms with Gasteiger partial charge in [-0.3, -0.25) is 0 Å². The topological polar surface area (TPSA) is 30.5 Å². The van der Waals surface area contributed by atoms with Crippen LogP contribution in [0.2, 0.25) is 0 Å². The van der Waals surface area contributed by atoms with Crippen LogP contribution >= 0.6 is 0 Å². The first kappa shape index (κ1) is 15.8. The van der Waals surface area contributed by atoms with E-state index in [-0.39, 0.29) is 11.6 Å². The molecule has 2 rings (SSSR count). The molecule has 1 aliphatic carbocycles. The molecule has 1 atom stereocenters. The van der Waals surface area contributed by atoms with Crippen molar-refractivity contribution in [2.45, 2.75) is 76.9 Å². The Labute approximate surface area is 124 Å². The quantitative estimate of drug-likeness (QED) is 0.770. The van der Waals surface area contributed by atoms with Crippen LogP contribution in [0.25, 0.3) is 0 Å². The highest BCUT2D eigenvalue weighted by molar-refractivity contribution is 5.14. The van der Waals surface area contributed by atoms with Crippen molar-refractivity contribution in [1.29, 1.82) is 0 Å². The predicted molar refractivity (Wildman–Crippen MR) is 82.8 cm³/mol. The Kier molecular flexibility index (Phi) is 6.37. The number of rotatable bonds is 7. The van der Waals surface area contributed by atoms with Crippen LogP contribution in [0.15, 0.2) is 11.8 Å². The van der Waals surface area contributed by atoms with Gasteiger partial charge in [-0.2, -0.15) is 0 Å². The van der Waals surface area contributed by atoms with Gasteiger partial charge in [0.25, 0.3) is 0 Å². The molecule has 0 amide bonds. The van der Waals surface area contributed by atoms with E-state index in [1.54, 1.807) is 0 Å². The zero-order chi connectivity index (χ0) is 14.3. The average molecular weight is 281 g/mol. The maximum absolute atomic E-state index is 6.30. The fourth-order valence-corrected chi connectivity index (χ4v) is 3.57. The Hall–Kier alpha value is -0.540. The van der Waals surface area contributed by atoms with Gasteiger partial charge in [0.05, 0.1) is 18.2 Å². The summed E-state index contributed by atoms with van der Waals surface area (Å²) in [5.74, 6) is 1.14. The smallest absolute Gasteiger partial charge is 0.112 e. The monoisotopic (exact) mass is 281 g/mol. The van der Waals surface area contributed by atoms with Crippen molar-refractivity contribution in [1.82, 2.24) is 5.32 Å². The van der Waals surface area contributed by atoms with Gasteiger partial charge < -0.3 is 14.8 Å². The van der Waals surface area contributed by atoms with E-state index in [2.05, 4.69) is 25.2 Å². The maximum Gasteiger partial charge on any atom is 0.112 e. The number of nitrogens with one attached hydrogen (secondary N) is 1. The Morgan fingerprint density at radius 2 is 2.05 bits per heavy atom. The van der Waals surface area contributed by atoms with E-state index >= 15 is 0 Å². The molecule has 0 bridgehead atoms. The van der Waals surface area contributed by atoms with Gasteiger partial charge in [-0.25, -0.2) is 0 Å². The molecule has 20 heavy (non-hydrogen) atoms. The van der Waals surface area contributed by atoms with Crippen LogP contribution in [0.1, 0.15) is 65.2 Å². The van der Waals surface area contributed by atoms with Crippen LogP contribution in [0.5, 0.6) is 0 Å². The van der Waals surface area contributed by atoms with Gasteiger partial charge in [0.2, 0.25) is 0 Å². The van der Waals surface area contributed by atoms with Crippen molar-refractivity contribution in [3.05, 3.63) is 11.8 Å². The molecular formula is C17H31NO2. The molecule has 0 saturated heterocycles. The minimum atomic E-state index is -0.0503. The molecule has 116 valence electrons. The largest absolute Gasteiger partial charge is 0.496 e. The Morgan fingerprint density at radius 1 is 1.25 bits per heavy atom. The Bertz CT molecular complexity index is 303. The van der Waals surface area contributed by atoms with E-state index in [1.807, 2.05) is 0 Å². The summed E-state index contributed by atoms with van der Waals surface area (Å²) < 4.78 is 12.3. The molecule has 0 aromatic heterocycles. The molecular weight excluding hydrogens is 250 g/mol. The van der Waals surface area contributed by atoms with Gasteiger partial charge in [-0.15, -0.1) is 0 Å². The highest BCUT2D eigenvalue weighted by Crippen LogP contribution is 2.38. The minimum absolute atomic E-state index is 0.0503. The van der Waals surface area contributed by atoms with Crippen LogP contribution in [-0.4, -0.2) is 31.4 Å². The van der Waals surface area contributed by atoms with Gasteiger partial charge in [0.1, 0.15) is 5.76 Å². The molecule has 3 heteroatoms. The summed E-state index contributed by atoms with van der Waals surface area (Å²) >= 11 is 0. The summed E-state index contributed by atoms with van der Waals surface area (Å²) in [6.07, 6.45) is 11.9. The molecule has 0 spiro atoms. The molecule has 0 aromatic rings. The van der Waals surface area contributed by atoms with Gasteiger partial charge >= 0.3 is 0 Å². The summed E-state index contributed by atoms with van der Waals surface area (Å²) in [6.45, 7) is 7.01. The van der Waals surface area contributed by atoms with Crippen LogP contribution in [0.3, 0.4) is 0 Å². The van der Waals surface area contributed by atoms with Crippen LogP contribution in [-0.2, 0) is 9.47 Å². The van der Waals surface area contributed by atoms with Crippen molar-refractivity contribution in [3.63, 3.8) is 0 Å². The van der Waals surface area contributed by atoms with Crippen LogP contribution in [0, 0.1) is 0 Å². The first-order chi connectivity index (χ1) is 9.82. The lowest BCUT2D eigenvalue weighted by Crippen LogP contribution is -2.55. The summed E-state index contributed by atoms with van der Waals surface area (Å²) in [4.78, 5) is 0. The number of allylic oxidation sites excluding steroid dienone is 1. The zero-order valence-corrected chi connectivity index (χ0v) is 13.2. The van der Waals surface area contributed by atoms with E-state index in [0.717, 1.165) is 57.6 Å². The second-order valence-electron chi connectivity index (χ2n) is 6.04. The molecule has 1 N–H and O–H groups in total. The van der Waals surface area contributed by atoms with Gasteiger partial charge in [-0.1, -0.05) is 26.2 Å². The third kappa shape index (κ3) is 3.76. The minimum Gasteiger partial charge on any atom is -0.496 e. The highest BCUT2D eigenvalue weighted by Gasteiger charge is 2.43. The van der Waals surface area contributed by atoms with E-state index in [0.29, 0.717) is 0 Å². The van der Waals surface area contributed by atoms with E-state index in [9.17, 15) is 0 Å². The lowest BCUT2D eigenvalue weighted by molar-refractivity contribution is -0.0924. The fourth-order valence-electron chi connectivity index (χ4n) is 3.57. The van der Waals surface area contributed by atoms with Crippen LogP contribution in [0.4, 0.5) is 0 Å². The summed E-state index contributed by atoms with van der Waals surface area (Å²) in [7, 11) is 0. The lowest BCUT2D eigenvalue weighted by atomic mass is 9.77. The number of ether oxygens (including phenoxy) is 2. The molecule has 1 heterocycles. The third-order valence-electron chi connectivity index (χ3n) is 4.50. The molecule has 2 aliphatic rings. The summed E-state index contributed by atoms with van der Waals surface area (Å²) in [5.41, 5.74) is -0.0503. The van der Waals surface area contributed by atoms with Crippen molar-refractivity contribution < 1.29 is 9.47 Å². The summed E-state index contributed by atoms with van der Waals surface area (Å²) in [6, 6.07) is 0.239. The van der Waals surface area contributed by atoms with Gasteiger partial charge in [0.15, 0.2) is 0 Å². The standard InChI is InChI=1S/C17H31NO2/c1-3-13-18-16(15-10-6-9-14-19-15)17(20-4-2)11-7-5-8-12-17/h10,16,18H,3-9,11-14H2,1-2H3. The normalized spacial score (nSPS) is 23.8. The number of hydrogen-bond acceptors (Lipinski definition) is 3. The highest BCUT2D eigenvalue weighted by atomic mass is 16.5. The third-order valence-corrected chi connectivity index (χ3v) is 4.50. The van der Waals surface area contributed by atoms with E-state index in [4.69, 9.17) is 9.47 Å². The zero-order valence-electron chi connectivity index (χ0n) is 13.2. The number of hydrogen-bond donors (Lipinski definition) is 1. The molecule has 1 aliphatic heterocycles. The molecule has 1 unspecified atom stereocenters. The second kappa shape index (κ2) is 8.04. The Balaban J connectivity index is 2.18. The maximum atomic E-state index is 6.30. The van der Waals surface area contributed by atoms with Crippen molar-refractivity contribution in [3.8, 4) is 0 Å². The average Bonchev–Trinajstić information content (AvgIpc) is 2.50. The SMILES string of the molecule is CCCNC(C1=CCCCO1)C1(OCC)CCCCC1. The lowest BCUT2D eigenvalue weighted by Gasteiger charge is -2.44. The first-order valence-corrected chi connectivity index (χ1v) is 8.52. The van der Waals surface area contributed by atoms with Crippen LogP contribution < -0.4 is 5.32 Å². The van der Waals surface area contributed by atoms with Crippen molar-refractivity contribution in [2.75, 3.05) is 19.8 Å². The van der Waals surface area contributed by atoms with Gasteiger partial charge in [-0.05, 0) is 51.6 Å². The van der Waals surface area contributed by atoms with E-state index < -0.39 is 0 Å². The van der Waals surface area contributed by atoms with E-state index in [1.165, 1.54) is 19.3 Å². The fraction of sp³-hybridized carbons (Fsp3) is 0.882. The second-order valence-corrected chi connectivity index (χ2v) is 6.04. The van der Waals surface area contributed by atoms with Crippen molar-refractivity contribution in [2.24, 2.45) is 0 Å². The first-order valence-electron chi connectivity index (χ1n) is 8.52. The molecule has 3 nitrogen and oxygen atoms in total. The summed E-state index contributed by atoms with van der Waals surface area (Å²) in [5, 5.41) is 3.72.